The summed E-state index contributed by atoms with van der Waals surface area (Å²) in [4.78, 5) is 11.9. The lowest BCUT2D eigenvalue weighted by atomic mass is 10.1. The Morgan fingerprint density at radius 1 is 1.20 bits per heavy atom. The van der Waals surface area contributed by atoms with Crippen molar-refractivity contribution >= 4 is 34.2 Å². The SMILES string of the molecule is COc1ccc(CCC(=O)Nc2cccc(I)c2)cc1. The number of carbonyl (C=O) groups is 1. The molecule has 4 heteroatoms. The second-order valence-corrected chi connectivity index (χ2v) is 5.65. The van der Waals surface area contributed by atoms with Crippen molar-refractivity contribution in [2.24, 2.45) is 0 Å². The van der Waals surface area contributed by atoms with E-state index in [1.165, 1.54) is 0 Å². The van der Waals surface area contributed by atoms with E-state index >= 15 is 0 Å². The molecule has 0 aliphatic rings. The van der Waals surface area contributed by atoms with Crippen LogP contribution in [-0.2, 0) is 11.2 Å². The Labute approximate surface area is 132 Å². The highest BCUT2D eigenvalue weighted by molar-refractivity contribution is 14.1. The van der Waals surface area contributed by atoms with Crippen LogP contribution in [0.15, 0.2) is 48.5 Å². The van der Waals surface area contributed by atoms with Crippen molar-refractivity contribution in [1.29, 1.82) is 0 Å². The third-order valence-corrected chi connectivity index (χ3v) is 3.58. The van der Waals surface area contributed by atoms with E-state index in [4.69, 9.17) is 4.74 Å². The highest BCUT2D eigenvalue weighted by atomic mass is 127. The Morgan fingerprint density at radius 2 is 1.95 bits per heavy atom. The largest absolute Gasteiger partial charge is 0.497 e. The van der Waals surface area contributed by atoms with E-state index in [1.807, 2.05) is 48.5 Å². The zero-order chi connectivity index (χ0) is 14.4. The molecule has 0 radical (unpaired) electrons. The first-order valence-electron chi connectivity index (χ1n) is 6.36. The van der Waals surface area contributed by atoms with Crippen LogP contribution in [0.1, 0.15) is 12.0 Å². The average Bonchev–Trinajstić information content (AvgIpc) is 2.46. The summed E-state index contributed by atoms with van der Waals surface area (Å²) in [5.74, 6) is 0.861. The van der Waals surface area contributed by atoms with Gasteiger partial charge in [-0.3, -0.25) is 4.79 Å². The lowest BCUT2D eigenvalue weighted by Gasteiger charge is -2.06. The third-order valence-electron chi connectivity index (χ3n) is 2.91. The van der Waals surface area contributed by atoms with E-state index in [0.717, 1.165) is 27.0 Å². The number of ether oxygens (including phenoxy) is 1. The van der Waals surface area contributed by atoms with Gasteiger partial charge in [-0.15, -0.1) is 0 Å². The molecule has 0 spiro atoms. The minimum atomic E-state index is 0.0304. The van der Waals surface area contributed by atoms with Crippen LogP contribution >= 0.6 is 22.6 Å². The van der Waals surface area contributed by atoms with Crippen molar-refractivity contribution in [2.75, 3.05) is 12.4 Å². The fourth-order valence-corrected chi connectivity index (χ4v) is 2.38. The number of nitrogens with one attached hydrogen (secondary N) is 1. The number of methoxy groups -OCH3 is 1. The van der Waals surface area contributed by atoms with Gasteiger partial charge in [-0.2, -0.15) is 0 Å². The van der Waals surface area contributed by atoms with Gasteiger partial charge in [-0.05, 0) is 64.9 Å². The van der Waals surface area contributed by atoms with Gasteiger partial charge in [0.15, 0.2) is 0 Å². The summed E-state index contributed by atoms with van der Waals surface area (Å²) in [5, 5.41) is 2.91. The minimum Gasteiger partial charge on any atom is -0.497 e. The average molecular weight is 381 g/mol. The van der Waals surface area contributed by atoms with Gasteiger partial charge in [-0.25, -0.2) is 0 Å². The molecule has 3 nitrogen and oxygen atoms in total. The number of carbonyl (C=O) groups excluding carboxylic acids is 1. The lowest BCUT2D eigenvalue weighted by Crippen LogP contribution is -2.12. The number of amides is 1. The second-order valence-electron chi connectivity index (χ2n) is 4.41. The fourth-order valence-electron chi connectivity index (χ4n) is 1.84. The number of hydrogen-bond donors (Lipinski definition) is 1. The summed E-state index contributed by atoms with van der Waals surface area (Å²) < 4.78 is 6.21. The number of anilines is 1. The van der Waals surface area contributed by atoms with Gasteiger partial charge in [0.05, 0.1) is 7.11 Å². The number of halogens is 1. The summed E-state index contributed by atoms with van der Waals surface area (Å²) in [6.07, 6.45) is 1.19. The predicted octanol–water partition coefficient (Wildman–Crippen LogP) is 3.87. The molecule has 1 N–H and O–H groups in total. The first-order valence-corrected chi connectivity index (χ1v) is 7.43. The van der Waals surface area contributed by atoms with Crippen molar-refractivity contribution in [3.8, 4) is 5.75 Å². The Balaban J connectivity index is 1.85. The van der Waals surface area contributed by atoms with Gasteiger partial charge < -0.3 is 10.1 Å². The zero-order valence-electron chi connectivity index (χ0n) is 11.2. The Morgan fingerprint density at radius 3 is 2.60 bits per heavy atom. The van der Waals surface area contributed by atoms with Gasteiger partial charge in [0, 0.05) is 15.7 Å². The molecule has 0 heterocycles. The third kappa shape index (κ3) is 4.52. The standard InChI is InChI=1S/C16H16INO2/c1-20-15-8-5-12(6-9-15)7-10-16(19)18-14-4-2-3-13(17)11-14/h2-6,8-9,11H,7,10H2,1H3,(H,18,19). The highest BCUT2D eigenvalue weighted by Crippen LogP contribution is 2.14. The number of aryl methyl sites for hydroxylation is 1. The van der Waals surface area contributed by atoms with Crippen molar-refractivity contribution in [3.63, 3.8) is 0 Å². The van der Waals surface area contributed by atoms with E-state index in [0.29, 0.717) is 6.42 Å². The molecule has 0 bridgehead atoms. The van der Waals surface area contributed by atoms with Gasteiger partial charge >= 0.3 is 0 Å². The van der Waals surface area contributed by atoms with E-state index in [9.17, 15) is 4.79 Å². The van der Waals surface area contributed by atoms with Crippen molar-refractivity contribution in [3.05, 3.63) is 57.7 Å². The summed E-state index contributed by atoms with van der Waals surface area (Å²) in [7, 11) is 1.64. The molecule has 2 rings (SSSR count). The normalized spacial score (nSPS) is 10.1. The number of hydrogen-bond acceptors (Lipinski definition) is 2. The summed E-state index contributed by atoms with van der Waals surface area (Å²) in [6.45, 7) is 0. The lowest BCUT2D eigenvalue weighted by molar-refractivity contribution is -0.116. The van der Waals surface area contributed by atoms with E-state index < -0.39 is 0 Å². The molecule has 2 aromatic carbocycles. The van der Waals surface area contributed by atoms with E-state index in [2.05, 4.69) is 27.9 Å². The first-order chi connectivity index (χ1) is 9.67. The topological polar surface area (TPSA) is 38.3 Å². The van der Waals surface area contributed by atoms with Crippen LogP contribution in [0.25, 0.3) is 0 Å². The molecule has 0 saturated carbocycles. The summed E-state index contributed by atoms with van der Waals surface area (Å²) in [5.41, 5.74) is 1.97. The summed E-state index contributed by atoms with van der Waals surface area (Å²) >= 11 is 2.23. The molecule has 0 aromatic heterocycles. The maximum absolute atomic E-state index is 11.9. The molecule has 2 aromatic rings. The summed E-state index contributed by atoms with van der Waals surface area (Å²) in [6, 6.07) is 15.6. The van der Waals surface area contributed by atoms with Crippen LogP contribution in [0.4, 0.5) is 5.69 Å². The van der Waals surface area contributed by atoms with Gasteiger partial charge in [-0.1, -0.05) is 18.2 Å². The number of benzene rings is 2. The molecule has 0 fully saturated rings. The molecule has 20 heavy (non-hydrogen) atoms. The molecular formula is C16H16INO2. The van der Waals surface area contributed by atoms with Crippen LogP contribution in [0.3, 0.4) is 0 Å². The second kappa shape index (κ2) is 7.28. The Kier molecular flexibility index (Phi) is 5.40. The zero-order valence-corrected chi connectivity index (χ0v) is 13.4. The van der Waals surface area contributed by atoms with Gasteiger partial charge in [0.25, 0.3) is 0 Å². The van der Waals surface area contributed by atoms with Crippen molar-refractivity contribution < 1.29 is 9.53 Å². The minimum absolute atomic E-state index is 0.0304. The van der Waals surface area contributed by atoms with Crippen LogP contribution in [0.2, 0.25) is 0 Å². The highest BCUT2D eigenvalue weighted by Gasteiger charge is 2.03. The molecule has 0 aliphatic heterocycles. The Bertz CT molecular complexity index is 581. The van der Waals surface area contributed by atoms with Crippen LogP contribution < -0.4 is 10.1 Å². The van der Waals surface area contributed by atoms with Crippen molar-refractivity contribution in [2.45, 2.75) is 12.8 Å². The van der Waals surface area contributed by atoms with Crippen LogP contribution in [0.5, 0.6) is 5.75 Å². The quantitative estimate of drug-likeness (QED) is 0.799. The maximum Gasteiger partial charge on any atom is 0.224 e. The first kappa shape index (κ1) is 14.8. The predicted molar refractivity (Wildman–Crippen MR) is 89.1 cm³/mol. The van der Waals surface area contributed by atoms with Gasteiger partial charge in [0.2, 0.25) is 5.91 Å². The molecule has 1 amide bonds. The van der Waals surface area contributed by atoms with Gasteiger partial charge in [0.1, 0.15) is 5.75 Å². The molecule has 104 valence electrons. The van der Waals surface area contributed by atoms with Crippen LogP contribution in [0, 0.1) is 3.57 Å². The molecular weight excluding hydrogens is 365 g/mol. The monoisotopic (exact) mass is 381 g/mol. The van der Waals surface area contributed by atoms with E-state index in [-0.39, 0.29) is 5.91 Å². The van der Waals surface area contributed by atoms with E-state index in [1.54, 1.807) is 7.11 Å². The Hall–Kier alpha value is -1.56. The van der Waals surface area contributed by atoms with Crippen molar-refractivity contribution in [1.82, 2.24) is 0 Å². The molecule has 0 aliphatic carbocycles. The molecule has 0 saturated heterocycles. The smallest absolute Gasteiger partial charge is 0.224 e. The molecule has 0 unspecified atom stereocenters. The fraction of sp³-hybridized carbons (Fsp3) is 0.188. The van der Waals surface area contributed by atoms with Crippen LogP contribution in [-0.4, -0.2) is 13.0 Å². The molecule has 0 atom stereocenters. The number of rotatable bonds is 5. The maximum atomic E-state index is 11.9.